The highest BCUT2D eigenvalue weighted by atomic mass is 19.1. The van der Waals surface area contributed by atoms with Crippen LogP contribution in [0.3, 0.4) is 0 Å². The predicted octanol–water partition coefficient (Wildman–Crippen LogP) is 0.667. The minimum absolute atomic E-state index is 0.0555. The summed E-state index contributed by atoms with van der Waals surface area (Å²) in [5.41, 5.74) is 5.36. The molecule has 8 heteroatoms. The summed E-state index contributed by atoms with van der Waals surface area (Å²) in [5.74, 6) is -2.56. The van der Waals surface area contributed by atoms with E-state index in [1.807, 2.05) is 0 Å². The van der Waals surface area contributed by atoms with Crippen LogP contribution in [0.1, 0.15) is 18.4 Å². The third kappa shape index (κ3) is 5.47. The minimum atomic E-state index is -1.13. The molecule has 7 nitrogen and oxygen atoms in total. The van der Waals surface area contributed by atoms with Crippen molar-refractivity contribution in [1.82, 2.24) is 5.32 Å². The van der Waals surface area contributed by atoms with Crippen molar-refractivity contribution in [2.24, 2.45) is 10.7 Å². The average Bonchev–Trinajstić information content (AvgIpc) is 2.49. The van der Waals surface area contributed by atoms with Crippen LogP contribution in [0.4, 0.5) is 4.39 Å². The van der Waals surface area contributed by atoms with Gasteiger partial charge in [0.05, 0.1) is 0 Å². The number of guanidine groups is 1. The molecule has 0 aliphatic rings. The summed E-state index contributed by atoms with van der Waals surface area (Å²) in [4.78, 5) is 15.0. The molecular weight excluding hydrogens is 279 g/mol. The number of phenols is 1. The van der Waals surface area contributed by atoms with Gasteiger partial charge in [-0.25, -0.2) is 9.18 Å². The first-order valence-corrected chi connectivity index (χ1v) is 6.20. The number of aliphatic carboxylic acids is 1. The van der Waals surface area contributed by atoms with Crippen molar-refractivity contribution in [2.45, 2.75) is 18.9 Å². The van der Waals surface area contributed by atoms with E-state index in [0.717, 1.165) is 12.3 Å². The van der Waals surface area contributed by atoms with E-state index in [0.29, 0.717) is 13.0 Å². The average molecular weight is 296 g/mol. The molecule has 0 radical (unpaired) electrons. The van der Waals surface area contributed by atoms with Gasteiger partial charge in [-0.15, -0.1) is 0 Å². The summed E-state index contributed by atoms with van der Waals surface area (Å²) >= 11 is 0. The molecule has 1 aromatic carbocycles. The molecule has 0 unspecified atom stereocenters. The maximum Gasteiger partial charge on any atom is 0.328 e. The Balaban J connectivity index is 2.62. The van der Waals surface area contributed by atoms with Gasteiger partial charge >= 0.3 is 5.97 Å². The van der Waals surface area contributed by atoms with Crippen LogP contribution in [0, 0.1) is 11.2 Å². The number of carbonyl (C=O) groups is 1. The SMILES string of the molecule is [H]/N=C(\N)NCCC[C@H](N=Cc1cccc(F)c1O)C(=O)O. The second-order valence-electron chi connectivity index (χ2n) is 4.26. The summed E-state index contributed by atoms with van der Waals surface area (Å²) in [5, 5.41) is 24.1. The molecule has 6 N–H and O–H groups in total. The number of aromatic hydroxyl groups is 1. The minimum Gasteiger partial charge on any atom is -0.504 e. The smallest absolute Gasteiger partial charge is 0.328 e. The fourth-order valence-electron chi connectivity index (χ4n) is 1.58. The maximum atomic E-state index is 13.1. The van der Waals surface area contributed by atoms with Gasteiger partial charge in [0.15, 0.2) is 18.9 Å². The normalized spacial score (nSPS) is 14.0. The molecule has 114 valence electrons. The van der Waals surface area contributed by atoms with E-state index >= 15 is 0 Å². The van der Waals surface area contributed by atoms with Crippen molar-refractivity contribution < 1.29 is 20.8 Å². The van der Waals surface area contributed by atoms with Gasteiger partial charge in [-0.2, -0.15) is 0 Å². The van der Waals surface area contributed by atoms with Gasteiger partial charge in [0.2, 0.25) is 0 Å². The van der Waals surface area contributed by atoms with Crippen LogP contribution in [0.25, 0.3) is 0 Å². The van der Waals surface area contributed by atoms with Gasteiger partial charge in [-0.1, -0.05) is 6.07 Å². The van der Waals surface area contributed by atoms with Gasteiger partial charge in [-0.05, 0) is 25.0 Å². The van der Waals surface area contributed by atoms with Gasteiger partial charge in [0.1, 0.15) is 6.04 Å². The van der Waals surface area contributed by atoms with Crippen LogP contribution in [-0.4, -0.2) is 40.9 Å². The van der Waals surface area contributed by atoms with Crippen LogP contribution in [-0.2, 0) is 4.79 Å². The highest BCUT2D eigenvalue weighted by molar-refractivity contribution is 5.86. The van der Waals surface area contributed by atoms with Crippen molar-refractivity contribution in [2.75, 3.05) is 6.54 Å². The Morgan fingerprint density at radius 2 is 2.43 bits per heavy atom. The number of para-hydroxylation sites is 1. The zero-order valence-corrected chi connectivity index (χ0v) is 11.2. The van der Waals surface area contributed by atoms with E-state index in [2.05, 4.69) is 15.7 Å². The summed E-state index contributed by atoms with van der Waals surface area (Å²) in [6.07, 6.45) is 1.77. The summed E-state index contributed by atoms with van der Waals surface area (Å²) in [7, 11) is 0. The van der Waals surface area contributed by atoms with Gasteiger partial charge < -0.3 is 21.3 Å². The fraction of sp³-hybridized carbons (Fsp3) is 0.308. The van der Waals surface area contributed by atoms with Crippen molar-refractivity contribution in [3.05, 3.63) is 29.6 Å². The van der Waals surface area contributed by atoms with Crippen molar-refractivity contribution in [1.29, 1.82) is 5.40 Å². The lowest BCUT2D eigenvalue weighted by molar-refractivity contribution is -0.138. The van der Waals surface area contributed by atoms with E-state index in [9.17, 15) is 14.3 Å². The number of nitrogens with zero attached hydrogens (tertiary/aromatic N) is 1. The third-order valence-electron chi connectivity index (χ3n) is 2.66. The standard InChI is InChI=1S/C13H17FN4O3/c14-9-4-1-3-8(11(9)19)7-18-10(12(20)21)5-2-6-17-13(15)16/h1,3-4,7,10,19H,2,5-6H2,(H,20,21)(H4,15,16,17)/t10-/m0/s1. The van der Waals surface area contributed by atoms with Gasteiger partial charge in [0, 0.05) is 18.3 Å². The molecule has 1 aromatic rings. The first kappa shape index (κ1) is 14.8. The van der Waals surface area contributed by atoms with Gasteiger partial charge in [-0.3, -0.25) is 10.4 Å². The predicted molar refractivity (Wildman–Crippen MR) is 76.2 cm³/mol. The summed E-state index contributed by atoms with van der Waals surface area (Å²) < 4.78 is 19.8. The van der Waals surface area contributed by atoms with Crippen molar-refractivity contribution >= 4 is 18.1 Å². The van der Waals surface area contributed by atoms with E-state index in [4.69, 9.17) is 12.3 Å². The molecule has 0 fully saturated rings. The molecule has 0 heterocycles. The molecule has 1 rings (SSSR count). The van der Waals surface area contributed by atoms with Crippen LogP contribution in [0.15, 0.2) is 23.2 Å². The molecule has 0 aromatic heterocycles. The number of aliphatic imine (C=N–C) groups is 1. The topological polar surface area (TPSA) is 132 Å². The number of carboxylic acid groups (broad SMARTS) is 1. The molecule has 0 aliphatic carbocycles. The second-order valence-corrected chi connectivity index (χ2v) is 4.26. The Morgan fingerprint density at radius 1 is 1.67 bits per heavy atom. The number of nitrogens with two attached hydrogens (primary N) is 1. The molecule has 0 spiro atoms. The molecule has 0 saturated heterocycles. The quantitative estimate of drug-likeness (QED) is 0.286. The van der Waals surface area contributed by atoms with E-state index in [1.165, 1.54) is 12.1 Å². The van der Waals surface area contributed by atoms with Crippen LogP contribution in [0.2, 0.25) is 1.41 Å². The number of hydrogen-bond donors (Lipinski definition) is 5. The Morgan fingerprint density at radius 3 is 3.10 bits per heavy atom. The maximum absolute atomic E-state index is 13.1. The Labute approximate surface area is 122 Å². The van der Waals surface area contributed by atoms with Crippen LogP contribution in [0.5, 0.6) is 5.75 Å². The molecule has 0 aliphatic heterocycles. The number of hydrogen-bond acceptors (Lipinski definition) is 4. The Kier molecular flexibility index (Phi) is 5.50. The Bertz CT molecular complexity index is 580. The Hall–Kier alpha value is -2.64. The monoisotopic (exact) mass is 296 g/mol. The lowest BCUT2D eigenvalue weighted by atomic mass is 10.1. The number of nitrogens with one attached hydrogen (secondary N) is 2. The van der Waals surface area contributed by atoms with Crippen LogP contribution >= 0.6 is 0 Å². The van der Waals surface area contributed by atoms with Gasteiger partial charge in [0.25, 0.3) is 0 Å². The third-order valence-corrected chi connectivity index (χ3v) is 2.66. The first-order chi connectivity index (χ1) is 10.5. The lowest BCUT2D eigenvalue weighted by Crippen LogP contribution is -2.31. The zero-order valence-electron chi connectivity index (χ0n) is 12.2. The second kappa shape index (κ2) is 7.83. The first-order valence-electron chi connectivity index (χ1n) is 6.65. The number of benzene rings is 1. The zero-order chi connectivity index (χ0) is 16.5. The molecule has 0 bridgehead atoms. The highest BCUT2D eigenvalue weighted by Crippen LogP contribution is 2.19. The number of phenolic OH excluding ortho intramolecular Hbond substituents is 1. The summed E-state index contributed by atoms with van der Waals surface area (Å²) in [6.45, 7) is 0.346. The number of halogens is 1. The van der Waals surface area contributed by atoms with E-state index < -0.39 is 23.6 Å². The molecule has 0 saturated carbocycles. The molecule has 1 atom stereocenters. The van der Waals surface area contributed by atoms with E-state index in [1.54, 1.807) is 0 Å². The van der Waals surface area contributed by atoms with Crippen molar-refractivity contribution in [3.63, 3.8) is 0 Å². The van der Waals surface area contributed by atoms with E-state index in [-0.39, 0.29) is 17.9 Å². The fourth-order valence-corrected chi connectivity index (χ4v) is 1.58. The summed E-state index contributed by atoms with van der Waals surface area (Å²) in [6, 6.07) is 2.87. The largest absolute Gasteiger partial charge is 0.504 e. The number of carboxylic acids is 1. The number of rotatable bonds is 7. The van der Waals surface area contributed by atoms with Crippen LogP contribution < -0.4 is 11.1 Å². The molecule has 0 amide bonds. The molecule has 21 heavy (non-hydrogen) atoms. The lowest BCUT2D eigenvalue weighted by Gasteiger charge is -2.08. The van der Waals surface area contributed by atoms with Crippen molar-refractivity contribution in [3.8, 4) is 5.75 Å². The molecular formula is C13H17FN4O3. The highest BCUT2D eigenvalue weighted by Gasteiger charge is 2.15.